The smallest absolute Gasteiger partial charge is 0.247 e. The minimum atomic E-state index is -1.14. The van der Waals surface area contributed by atoms with E-state index in [2.05, 4.69) is 10.3 Å². The lowest BCUT2D eigenvalue weighted by Crippen LogP contribution is -2.37. The lowest BCUT2D eigenvalue weighted by atomic mass is 10.2. The summed E-state index contributed by atoms with van der Waals surface area (Å²) in [4.78, 5) is 13.8. The van der Waals surface area contributed by atoms with Crippen LogP contribution in [0.3, 0.4) is 0 Å². The molecule has 0 aliphatic carbocycles. The van der Waals surface area contributed by atoms with E-state index in [1.54, 1.807) is 0 Å². The van der Waals surface area contributed by atoms with Crippen molar-refractivity contribution < 1.29 is 9.90 Å². The van der Waals surface area contributed by atoms with Gasteiger partial charge in [0.05, 0.1) is 0 Å². The van der Waals surface area contributed by atoms with Crippen molar-refractivity contribution in [1.29, 1.82) is 0 Å². The van der Waals surface area contributed by atoms with Crippen LogP contribution in [0, 0.1) is 0 Å². The number of nitrogens with one attached hydrogen (secondary N) is 2. The summed E-state index contributed by atoms with van der Waals surface area (Å²) in [6.07, 6.45) is 0.772. The Labute approximate surface area is 98.6 Å². The number of primary amides is 1. The number of hydrogen-bond acceptors (Lipinski definition) is 3. The molecular weight excluding hydrogens is 218 g/mol. The minimum Gasteiger partial charge on any atom is -0.382 e. The van der Waals surface area contributed by atoms with Gasteiger partial charge >= 0.3 is 0 Å². The number of nitrogens with two attached hydrogens (primary N) is 1. The number of amides is 1. The fourth-order valence-electron chi connectivity index (χ4n) is 1.72. The Balaban J connectivity index is 1.98. The van der Waals surface area contributed by atoms with E-state index in [-0.39, 0.29) is 6.54 Å². The second-order valence-electron chi connectivity index (χ2n) is 3.91. The van der Waals surface area contributed by atoms with Crippen molar-refractivity contribution in [1.82, 2.24) is 10.3 Å². The largest absolute Gasteiger partial charge is 0.382 e. The second-order valence-corrected chi connectivity index (χ2v) is 3.91. The summed E-state index contributed by atoms with van der Waals surface area (Å²) in [6, 6.07) is 7.95. The number of hydrogen-bond donors (Lipinski definition) is 4. The fraction of sp³-hybridized carbons (Fsp3) is 0.250. The van der Waals surface area contributed by atoms with Crippen molar-refractivity contribution in [3.8, 4) is 0 Å². The van der Waals surface area contributed by atoms with Gasteiger partial charge in [-0.2, -0.15) is 0 Å². The highest BCUT2D eigenvalue weighted by Crippen LogP contribution is 2.17. The van der Waals surface area contributed by atoms with Gasteiger partial charge < -0.3 is 21.1 Å². The maximum absolute atomic E-state index is 10.6. The number of carbonyl (C=O) groups excluding carboxylic acids is 1. The monoisotopic (exact) mass is 233 g/mol. The van der Waals surface area contributed by atoms with E-state index >= 15 is 0 Å². The number of para-hydroxylation sites is 1. The van der Waals surface area contributed by atoms with Gasteiger partial charge in [0.2, 0.25) is 5.91 Å². The van der Waals surface area contributed by atoms with Crippen LogP contribution in [-0.4, -0.2) is 28.6 Å². The Kier molecular flexibility index (Phi) is 3.41. The van der Waals surface area contributed by atoms with Gasteiger partial charge in [-0.3, -0.25) is 4.79 Å². The number of carbonyl (C=O) groups is 1. The summed E-state index contributed by atoms with van der Waals surface area (Å²) in [5, 5.41) is 13.3. The molecule has 2 aromatic rings. The van der Waals surface area contributed by atoms with Gasteiger partial charge in [-0.15, -0.1) is 0 Å². The van der Waals surface area contributed by atoms with Gasteiger partial charge in [-0.1, -0.05) is 18.2 Å². The zero-order valence-corrected chi connectivity index (χ0v) is 9.31. The zero-order valence-electron chi connectivity index (χ0n) is 9.31. The predicted molar refractivity (Wildman–Crippen MR) is 65.2 cm³/mol. The van der Waals surface area contributed by atoms with Crippen LogP contribution in [0.5, 0.6) is 0 Å². The SMILES string of the molecule is NC(=O)C(O)CNCc1c[nH]c2ccccc12. The molecule has 5 N–H and O–H groups in total. The van der Waals surface area contributed by atoms with Gasteiger partial charge in [-0.05, 0) is 11.6 Å². The molecule has 5 nitrogen and oxygen atoms in total. The normalized spacial score (nSPS) is 12.8. The molecule has 1 unspecified atom stereocenters. The lowest BCUT2D eigenvalue weighted by Gasteiger charge is -2.07. The molecule has 1 aromatic carbocycles. The molecule has 0 aliphatic heterocycles. The van der Waals surface area contributed by atoms with Gasteiger partial charge in [0, 0.05) is 30.2 Å². The van der Waals surface area contributed by atoms with Crippen LogP contribution in [0.1, 0.15) is 5.56 Å². The Morgan fingerprint density at radius 3 is 3.00 bits per heavy atom. The van der Waals surface area contributed by atoms with Gasteiger partial charge in [0.1, 0.15) is 6.10 Å². The lowest BCUT2D eigenvalue weighted by molar-refractivity contribution is -0.125. The van der Waals surface area contributed by atoms with Crippen molar-refractivity contribution in [2.24, 2.45) is 5.73 Å². The summed E-state index contributed by atoms with van der Waals surface area (Å²) in [7, 11) is 0. The number of aromatic nitrogens is 1. The highest BCUT2D eigenvalue weighted by Gasteiger charge is 2.10. The molecule has 90 valence electrons. The standard InChI is InChI=1S/C12H15N3O2/c13-12(17)11(16)7-14-5-8-6-15-10-4-2-1-3-9(8)10/h1-4,6,11,14-16H,5,7H2,(H2,13,17). The van der Waals surface area contributed by atoms with E-state index < -0.39 is 12.0 Å². The first kappa shape index (κ1) is 11.6. The molecular formula is C12H15N3O2. The quantitative estimate of drug-likeness (QED) is 0.590. The molecule has 0 fully saturated rings. The molecule has 0 saturated carbocycles. The molecule has 1 heterocycles. The zero-order chi connectivity index (χ0) is 12.3. The summed E-state index contributed by atoms with van der Waals surface area (Å²) >= 11 is 0. The topological polar surface area (TPSA) is 91.1 Å². The maximum Gasteiger partial charge on any atom is 0.247 e. The number of fused-ring (bicyclic) bond motifs is 1. The third-order valence-electron chi connectivity index (χ3n) is 2.66. The maximum atomic E-state index is 10.6. The molecule has 17 heavy (non-hydrogen) atoms. The first-order chi connectivity index (χ1) is 8.18. The number of aromatic amines is 1. The minimum absolute atomic E-state index is 0.162. The molecule has 0 radical (unpaired) electrons. The summed E-state index contributed by atoms with van der Waals surface area (Å²) < 4.78 is 0. The molecule has 0 spiro atoms. The average Bonchev–Trinajstić information content (AvgIpc) is 2.72. The average molecular weight is 233 g/mol. The molecule has 0 saturated heterocycles. The Bertz CT molecular complexity index is 521. The van der Waals surface area contributed by atoms with Crippen LogP contribution >= 0.6 is 0 Å². The van der Waals surface area contributed by atoms with Crippen molar-refractivity contribution in [3.63, 3.8) is 0 Å². The third kappa shape index (κ3) is 2.64. The summed E-state index contributed by atoms with van der Waals surface area (Å²) in [6.45, 7) is 0.739. The van der Waals surface area contributed by atoms with Crippen LogP contribution in [0.2, 0.25) is 0 Å². The summed E-state index contributed by atoms with van der Waals surface area (Å²) in [5.41, 5.74) is 7.11. The van der Waals surface area contributed by atoms with Gasteiger partial charge in [-0.25, -0.2) is 0 Å². The van der Waals surface area contributed by atoms with E-state index in [4.69, 9.17) is 5.73 Å². The summed E-state index contributed by atoms with van der Waals surface area (Å²) in [5.74, 6) is -0.712. The van der Waals surface area contributed by atoms with Crippen LogP contribution in [0.4, 0.5) is 0 Å². The van der Waals surface area contributed by atoms with Crippen LogP contribution in [-0.2, 0) is 11.3 Å². The number of benzene rings is 1. The molecule has 1 amide bonds. The van der Waals surface area contributed by atoms with E-state index in [0.29, 0.717) is 6.54 Å². The molecule has 1 aromatic heterocycles. The van der Waals surface area contributed by atoms with E-state index in [1.165, 1.54) is 0 Å². The Morgan fingerprint density at radius 2 is 2.24 bits per heavy atom. The molecule has 0 aliphatic rings. The van der Waals surface area contributed by atoms with Crippen molar-refractivity contribution in [2.45, 2.75) is 12.6 Å². The fourth-order valence-corrected chi connectivity index (χ4v) is 1.72. The number of aliphatic hydroxyl groups excluding tert-OH is 1. The van der Waals surface area contributed by atoms with Crippen LogP contribution in [0.15, 0.2) is 30.5 Å². The van der Waals surface area contributed by atoms with E-state index in [0.717, 1.165) is 16.5 Å². The Hall–Kier alpha value is -1.85. The van der Waals surface area contributed by atoms with Gasteiger partial charge in [0.25, 0.3) is 0 Å². The predicted octanol–water partition coefficient (Wildman–Crippen LogP) is 0.104. The first-order valence-electron chi connectivity index (χ1n) is 5.41. The highest BCUT2D eigenvalue weighted by molar-refractivity contribution is 5.83. The number of rotatable bonds is 5. The molecule has 0 bridgehead atoms. The molecule has 5 heteroatoms. The molecule has 1 atom stereocenters. The van der Waals surface area contributed by atoms with Gasteiger partial charge in [0.15, 0.2) is 0 Å². The third-order valence-corrected chi connectivity index (χ3v) is 2.66. The Morgan fingerprint density at radius 1 is 1.47 bits per heavy atom. The van der Waals surface area contributed by atoms with Crippen molar-refractivity contribution in [3.05, 3.63) is 36.0 Å². The molecule has 2 rings (SSSR count). The van der Waals surface area contributed by atoms with E-state index in [9.17, 15) is 9.90 Å². The van der Waals surface area contributed by atoms with Crippen molar-refractivity contribution >= 4 is 16.8 Å². The van der Waals surface area contributed by atoms with Crippen LogP contribution < -0.4 is 11.1 Å². The number of H-pyrrole nitrogens is 1. The van der Waals surface area contributed by atoms with Crippen molar-refractivity contribution in [2.75, 3.05) is 6.54 Å². The highest BCUT2D eigenvalue weighted by atomic mass is 16.3. The first-order valence-corrected chi connectivity index (χ1v) is 5.41. The van der Waals surface area contributed by atoms with Crippen LogP contribution in [0.25, 0.3) is 10.9 Å². The van der Waals surface area contributed by atoms with E-state index in [1.807, 2.05) is 30.5 Å². The second kappa shape index (κ2) is 4.99. The number of aliphatic hydroxyl groups is 1.